The lowest BCUT2D eigenvalue weighted by atomic mass is 10.2. The van der Waals surface area contributed by atoms with E-state index in [0.717, 1.165) is 0 Å². The number of pyridine rings is 1. The molecule has 0 saturated carbocycles. The summed E-state index contributed by atoms with van der Waals surface area (Å²) in [6.07, 6.45) is 5.94. The van der Waals surface area contributed by atoms with Crippen molar-refractivity contribution in [2.45, 2.75) is 6.92 Å². The highest BCUT2D eigenvalue weighted by atomic mass is 16.1. The van der Waals surface area contributed by atoms with Crippen molar-refractivity contribution in [1.82, 2.24) is 34.5 Å². The van der Waals surface area contributed by atoms with Crippen molar-refractivity contribution in [3.8, 4) is 11.5 Å². The van der Waals surface area contributed by atoms with Crippen LogP contribution in [-0.2, 0) is 0 Å². The number of nitrogens with zero attached hydrogens (tertiary/aromatic N) is 6. The van der Waals surface area contributed by atoms with Crippen molar-refractivity contribution < 1.29 is 4.79 Å². The van der Waals surface area contributed by atoms with Crippen molar-refractivity contribution in [3.05, 3.63) is 89.0 Å². The van der Waals surface area contributed by atoms with Gasteiger partial charge < -0.3 is 10.3 Å². The first kappa shape index (κ1) is 18.4. The van der Waals surface area contributed by atoms with E-state index >= 15 is 0 Å². The van der Waals surface area contributed by atoms with Crippen LogP contribution in [0.5, 0.6) is 0 Å². The van der Waals surface area contributed by atoms with Gasteiger partial charge in [-0.1, -0.05) is 18.2 Å². The first-order valence-electron chi connectivity index (χ1n) is 9.41. The zero-order valence-electron chi connectivity index (χ0n) is 16.4. The number of para-hydroxylation sites is 2. The maximum atomic E-state index is 13.0. The van der Waals surface area contributed by atoms with E-state index in [2.05, 4.69) is 30.5 Å². The molecule has 0 fully saturated rings. The molecule has 10 nitrogen and oxygen atoms in total. The lowest BCUT2D eigenvalue weighted by Crippen LogP contribution is -2.15. The quantitative estimate of drug-likeness (QED) is 0.467. The maximum absolute atomic E-state index is 13.0. The fourth-order valence-corrected chi connectivity index (χ4v) is 3.33. The Balaban J connectivity index is 1.51. The topological polar surface area (TPSA) is 123 Å². The number of carbonyl (C=O) groups excluding carboxylic acids is 1. The molecule has 0 spiro atoms. The minimum absolute atomic E-state index is 0.282. The molecule has 0 aliphatic rings. The molecule has 2 N–H and O–H groups in total. The largest absolute Gasteiger partial charge is 0.320 e. The number of benzene rings is 1. The number of H-pyrrole nitrogens is 1. The van der Waals surface area contributed by atoms with Crippen LogP contribution in [0.2, 0.25) is 0 Å². The number of aromatic nitrogens is 7. The van der Waals surface area contributed by atoms with Crippen molar-refractivity contribution >= 4 is 22.6 Å². The highest BCUT2D eigenvalue weighted by Gasteiger charge is 2.18. The molecule has 0 radical (unpaired) electrons. The lowest BCUT2D eigenvalue weighted by Gasteiger charge is -2.11. The van der Waals surface area contributed by atoms with Crippen LogP contribution in [-0.4, -0.2) is 40.4 Å². The number of aromatic amines is 1. The Morgan fingerprint density at radius 1 is 1.00 bits per heavy atom. The maximum Gasteiger partial charge on any atom is 0.261 e. The van der Waals surface area contributed by atoms with Gasteiger partial charge in [0, 0.05) is 6.20 Å². The summed E-state index contributed by atoms with van der Waals surface area (Å²) < 4.78 is 3.13. The summed E-state index contributed by atoms with van der Waals surface area (Å²) in [4.78, 5) is 36.0. The van der Waals surface area contributed by atoms with Crippen molar-refractivity contribution in [2.75, 3.05) is 5.32 Å². The summed E-state index contributed by atoms with van der Waals surface area (Å²) in [6.45, 7) is 1.81. The molecule has 1 amide bonds. The molecule has 0 unspecified atom stereocenters. The van der Waals surface area contributed by atoms with E-state index in [1.807, 2.05) is 24.3 Å². The number of hydrogen-bond donors (Lipinski definition) is 2. The number of hydrogen-bond acceptors (Lipinski definition) is 6. The van der Waals surface area contributed by atoms with E-state index < -0.39 is 0 Å². The smallest absolute Gasteiger partial charge is 0.261 e. The Morgan fingerprint density at radius 3 is 2.65 bits per heavy atom. The normalized spacial score (nSPS) is 11.0. The zero-order valence-corrected chi connectivity index (χ0v) is 16.4. The molecular formula is C21H16N8O2. The Labute approximate surface area is 175 Å². The monoisotopic (exact) mass is 412 g/mol. The Bertz CT molecular complexity index is 1470. The molecule has 5 rings (SSSR count). The van der Waals surface area contributed by atoms with Gasteiger partial charge in [-0.15, -0.1) is 0 Å². The SMILES string of the molecule is Cc1c(C(=O)Nc2ccccc2-n2ncc3c(=O)[nH]cnc32)cnn1-c1ccccn1. The third-order valence-corrected chi connectivity index (χ3v) is 4.87. The average Bonchev–Trinajstić information content (AvgIpc) is 3.39. The van der Waals surface area contributed by atoms with Crippen molar-refractivity contribution in [2.24, 2.45) is 0 Å². The first-order valence-corrected chi connectivity index (χ1v) is 9.41. The minimum atomic E-state index is -0.325. The van der Waals surface area contributed by atoms with Crippen LogP contribution in [0, 0.1) is 6.92 Å². The van der Waals surface area contributed by atoms with Gasteiger partial charge >= 0.3 is 0 Å². The van der Waals surface area contributed by atoms with Crippen molar-refractivity contribution in [3.63, 3.8) is 0 Å². The molecule has 4 heterocycles. The van der Waals surface area contributed by atoms with E-state index in [0.29, 0.717) is 39.5 Å². The van der Waals surface area contributed by atoms with Crippen LogP contribution in [0.25, 0.3) is 22.5 Å². The second-order valence-corrected chi connectivity index (χ2v) is 6.74. The molecule has 0 atom stereocenters. The average molecular weight is 412 g/mol. The van der Waals surface area contributed by atoms with Gasteiger partial charge in [-0.05, 0) is 31.2 Å². The molecular weight excluding hydrogens is 396 g/mol. The van der Waals surface area contributed by atoms with Crippen LogP contribution in [0.4, 0.5) is 5.69 Å². The van der Waals surface area contributed by atoms with Gasteiger partial charge in [-0.3, -0.25) is 9.59 Å². The molecule has 0 bridgehead atoms. The molecule has 152 valence electrons. The summed E-state index contributed by atoms with van der Waals surface area (Å²) in [5.41, 5.74) is 2.29. The van der Waals surface area contributed by atoms with Gasteiger partial charge in [0.25, 0.3) is 11.5 Å². The highest BCUT2D eigenvalue weighted by Crippen LogP contribution is 2.23. The van der Waals surface area contributed by atoms with Crippen LogP contribution >= 0.6 is 0 Å². The number of nitrogens with one attached hydrogen (secondary N) is 2. The predicted molar refractivity (Wildman–Crippen MR) is 114 cm³/mol. The summed E-state index contributed by atoms with van der Waals surface area (Å²) in [7, 11) is 0. The number of carbonyl (C=O) groups is 1. The Hall–Kier alpha value is -4.60. The summed E-state index contributed by atoms with van der Waals surface area (Å²) in [6, 6.07) is 12.6. The highest BCUT2D eigenvalue weighted by molar-refractivity contribution is 6.06. The van der Waals surface area contributed by atoms with E-state index in [1.54, 1.807) is 36.0 Å². The lowest BCUT2D eigenvalue weighted by molar-refractivity contribution is 0.102. The molecule has 4 aromatic heterocycles. The van der Waals surface area contributed by atoms with Gasteiger partial charge in [0.1, 0.15) is 5.39 Å². The minimum Gasteiger partial charge on any atom is -0.320 e. The van der Waals surface area contributed by atoms with E-state index in [-0.39, 0.29) is 11.5 Å². The number of fused-ring (bicyclic) bond motifs is 1. The third-order valence-electron chi connectivity index (χ3n) is 4.87. The van der Waals surface area contributed by atoms with Gasteiger partial charge in [-0.25, -0.2) is 19.3 Å². The van der Waals surface area contributed by atoms with Crippen LogP contribution in [0.15, 0.2) is 72.2 Å². The fraction of sp³-hybridized carbons (Fsp3) is 0.0476. The molecule has 0 aliphatic heterocycles. The summed E-state index contributed by atoms with van der Waals surface area (Å²) >= 11 is 0. The Kier molecular flexibility index (Phi) is 4.36. The molecule has 5 aromatic rings. The van der Waals surface area contributed by atoms with Crippen LogP contribution < -0.4 is 10.9 Å². The summed E-state index contributed by atoms with van der Waals surface area (Å²) in [5.74, 6) is 0.299. The second kappa shape index (κ2) is 7.34. The predicted octanol–water partition coefficient (Wildman–Crippen LogP) is 2.25. The first-order chi connectivity index (χ1) is 15.1. The van der Waals surface area contributed by atoms with E-state index in [1.165, 1.54) is 23.4 Å². The summed E-state index contributed by atoms with van der Waals surface area (Å²) in [5, 5.41) is 11.9. The molecule has 0 aliphatic carbocycles. The standard InChI is InChI=1S/C21H16N8O2/c1-13-14(10-25-28(13)18-8-4-5-9-22-18)21(31)27-16-6-2-3-7-17(16)29-19-15(11-26-29)20(30)24-12-23-19/h2-12H,1H3,(H,27,31)(H,23,24,30). The number of amides is 1. The Morgan fingerprint density at radius 2 is 1.81 bits per heavy atom. The van der Waals surface area contributed by atoms with Gasteiger partial charge in [0.15, 0.2) is 11.5 Å². The van der Waals surface area contributed by atoms with Gasteiger partial charge in [-0.2, -0.15) is 10.2 Å². The van der Waals surface area contributed by atoms with Crippen LogP contribution in [0.3, 0.4) is 0 Å². The fourth-order valence-electron chi connectivity index (χ4n) is 3.33. The van der Waals surface area contributed by atoms with Crippen LogP contribution in [0.1, 0.15) is 16.1 Å². The second-order valence-electron chi connectivity index (χ2n) is 6.74. The van der Waals surface area contributed by atoms with E-state index in [9.17, 15) is 9.59 Å². The molecule has 0 saturated heterocycles. The number of anilines is 1. The van der Waals surface area contributed by atoms with Gasteiger partial charge in [0.2, 0.25) is 0 Å². The molecule has 10 heteroatoms. The van der Waals surface area contributed by atoms with Gasteiger partial charge in [0.05, 0.1) is 41.4 Å². The third kappa shape index (κ3) is 3.15. The number of rotatable bonds is 4. The van der Waals surface area contributed by atoms with E-state index in [4.69, 9.17) is 0 Å². The molecule has 1 aromatic carbocycles. The zero-order chi connectivity index (χ0) is 21.4. The van der Waals surface area contributed by atoms with Crippen molar-refractivity contribution in [1.29, 1.82) is 0 Å². The molecule has 31 heavy (non-hydrogen) atoms.